The molecular formula is C28H36N8NaO13PS. The Labute approximate surface area is 321 Å². The quantitative estimate of drug-likeness (QED) is 0.0614. The van der Waals surface area contributed by atoms with Gasteiger partial charge in [-0.15, -0.1) is 0 Å². The number of hydrogen-bond donors (Lipinski definition) is 6. The largest absolute Gasteiger partial charge is 1.00 e. The molecule has 6 rings (SSSR count). The summed E-state index contributed by atoms with van der Waals surface area (Å²) in [5.41, 5.74) is 6.19. The number of aromatic hydroxyl groups is 1. The molecule has 2 saturated heterocycles. The summed E-state index contributed by atoms with van der Waals surface area (Å²) < 4.78 is 35.4. The van der Waals surface area contributed by atoms with E-state index in [9.17, 15) is 29.8 Å². The molecule has 2 aliphatic heterocycles. The summed E-state index contributed by atoms with van der Waals surface area (Å²) in [4.78, 5) is 55.0. The van der Waals surface area contributed by atoms with Gasteiger partial charge in [-0.05, 0) is 6.92 Å². The number of ether oxygens (including phenoxy) is 4. The third-order valence-corrected chi connectivity index (χ3v) is 9.59. The van der Waals surface area contributed by atoms with Crippen molar-refractivity contribution >= 4 is 35.5 Å². The molecule has 2 unspecified atom stereocenters. The standard InChI is InChI=1S/C20H26N7O10PS.C8H11NO3.Na/c1-33-16-15(10(5-28)36-19(16)26-3-2-12(30)25-20(26)31)37-38(32,39)34-6-11-9(29)4-13(35-11)27-8-24-14-17(21)22-7-23-18(14)27;1-5-7(11)8(12-2)6(4-10)3-9-5;/h2-3,7-11,13,15-16,19,28-29H,4-6H2,1H3,(H,32,39)(H2,21,22,23)(H,25,30,31);3,10-11H,4H2,1-2H3;/q;;+1/p-1/t9-,10-,11-,13-,15+,16?,19-,38?;;/m1../s1. The predicted molar refractivity (Wildman–Crippen MR) is 176 cm³/mol. The maximum absolute atomic E-state index is 13.1. The smallest absolute Gasteiger partial charge is 0.780 e. The SMILES string of the molecule is COC1[C@@H](OP([O-])(=S)OC[C@H]2O[C@@H](n3cnc4c(N)ncnc43)C[C@H]2O)[C@@H](CO)O[C@H]1n1ccc(=O)[nH]c1=O.COc1c(CO)cnc(C)c1O.[Na+]. The number of rotatable bonds is 11. The number of nitrogens with one attached hydrogen (secondary N) is 1. The van der Waals surface area contributed by atoms with E-state index in [1.54, 1.807) is 11.5 Å². The number of anilines is 1. The maximum Gasteiger partial charge on any atom is 1.00 e. The van der Waals surface area contributed by atoms with Crippen molar-refractivity contribution in [2.75, 3.05) is 33.2 Å². The zero-order chi connectivity index (χ0) is 37.0. The fourth-order valence-corrected chi connectivity index (χ4v) is 6.92. The molecule has 0 bridgehead atoms. The van der Waals surface area contributed by atoms with E-state index in [2.05, 4.69) is 24.9 Å². The van der Waals surface area contributed by atoms with E-state index in [0.29, 0.717) is 28.2 Å². The fraction of sp³-hybridized carbons (Fsp3) is 0.500. The molecule has 21 nitrogen and oxygen atoms in total. The first-order valence-electron chi connectivity index (χ1n) is 15.2. The van der Waals surface area contributed by atoms with Crippen LogP contribution in [0.5, 0.6) is 11.5 Å². The predicted octanol–water partition coefficient (Wildman–Crippen LogP) is -4.90. The van der Waals surface area contributed by atoms with Gasteiger partial charge < -0.3 is 59.0 Å². The number of aliphatic hydroxyl groups excluding tert-OH is 3. The van der Waals surface area contributed by atoms with Crippen LogP contribution in [0.15, 0.2) is 40.7 Å². The zero-order valence-corrected chi connectivity index (χ0v) is 32.0. The van der Waals surface area contributed by atoms with Gasteiger partial charge in [0.05, 0.1) is 45.1 Å². The van der Waals surface area contributed by atoms with E-state index in [-0.39, 0.29) is 60.8 Å². The van der Waals surface area contributed by atoms with Gasteiger partial charge in [-0.25, -0.2) is 19.7 Å². The van der Waals surface area contributed by atoms with Crippen LogP contribution in [0.1, 0.15) is 30.1 Å². The van der Waals surface area contributed by atoms with Gasteiger partial charge >= 0.3 is 35.2 Å². The van der Waals surface area contributed by atoms with Crippen LogP contribution in [0.2, 0.25) is 0 Å². The number of aromatic amines is 1. The number of nitrogens with two attached hydrogens (primary N) is 1. The van der Waals surface area contributed by atoms with Gasteiger partial charge in [0.15, 0.2) is 29.2 Å². The number of nitrogen functional groups attached to an aromatic ring is 1. The second kappa shape index (κ2) is 17.9. The number of methoxy groups -OCH3 is 2. The summed E-state index contributed by atoms with van der Waals surface area (Å²) in [7, 11) is 2.73. The van der Waals surface area contributed by atoms with E-state index in [1.807, 2.05) is 0 Å². The van der Waals surface area contributed by atoms with Crippen LogP contribution >= 0.6 is 6.72 Å². The van der Waals surface area contributed by atoms with Crippen molar-refractivity contribution in [2.45, 2.75) is 62.9 Å². The molecule has 0 saturated carbocycles. The molecule has 0 aliphatic carbocycles. The number of imidazole rings is 1. The average molecular weight is 779 g/mol. The third kappa shape index (κ3) is 9.05. The number of aliphatic hydroxyl groups is 3. The number of nitrogens with zero attached hydrogens (tertiary/aromatic N) is 6. The molecule has 7 N–H and O–H groups in total. The molecule has 0 aromatic carbocycles. The van der Waals surface area contributed by atoms with Gasteiger partial charge in [-0.1, -0.05) is 11.8 Å². The molecule has 8 atom stereocenters. The molecule has 4 aromatic rings. The Hall–Kier alpha value is -2.93. The summed E-state index contributed by atoms with van der Waals surface area (Å²) in [6.45, 7) is -3.77. The molecule has 0 spiro atoms. The number of H-pyrrole nitrogens is 1. The second-order valence-electron chi connectivity index (χ2n) is 11.2. The summed E-state index contributed by atoms with van der Waals surface area (Å²) in [5, 5.41) is 38.6. The van der Waals surface area contributed by atoms with E-state index in [1.165, 1.54) is 39.3 Å². The summed E-state index contributed by atoms with van der Waals surface area (Å²) >= 11 is 5.06. The topological polar surface area (TPSA) is 297 Å². The Morgan fingerprint density at radius 2 is 1.88 bits per heavy atom. The molecule has 278 valence electrons. The summed E-state index contributed by atoms with van der Waals surface area (Å²) in [6.07, 6.45) is -1.55. The van der Waals surface area contributed by atoms with Gasteiger partial charge in [0.2, 0.25) is 0 Å². The van der Waals surface area contributed by atoms with Crippen LogP contribution in [-0.4, -0.2) is 112 Å². The minimum absolute atomic E-state index is 0. The van der Waals surface area contributed by atoms with Crippen molar-refractivity contribution in [3.05, 3.63) is 63.2 Å². The second-order valence-corrected chi connectivity index (χ2v) is 13.9. The monoisotopic (exact) mass is 778 g/mol. The van der Waals surface area contributed by atoms with Crippen molar-refractivity contribution in [3.8, 4) is 11.5 Å². The molecule has 2 aliphatic rings. The summed E-state index contributed by atoms with van der Waals surface area (Å²) in [6, 6.07) is 1.11. The van der Waals surface area contributed by atoms with Gasteiger partial charge in [-0.3, -0.25) is 23.9 Å². The van der Waals surface area contributed by atoms with Crippen LogP contribution in [0.3, 0.4) is 0 Å². The normalized spacial score (nSPS) is 25.2. The molecule has 0 radical (unpaired) electrons. The van der Waals surface area contributed by atoms with E-state index in [0.717, 1.165) is 10.6 Å². The average Bonchev–Trinajstić information content (AvgIpc) is 3.80. The van der Waals surface area contributed by atoms with Crippen LogP contribution in [0.4, 0.5) is 5.82 Å². The number of pyridine rings is 1. The Morgan fingerprint density at radius 1 is 1.13 bits per heavy atom. The zero-order valence-electron chi connectivity index (χ0n) is 28.3. The molecule has 24 heteroatoms. The van der Waals surface area contributed by atoms with Crippen LogP contribution in [0.25, 0.3) is 11.2 Å². The molecule has 0 amide bonds. The molecule has 2 fully saturated rings. The van der Waals surface area contributed by atoms with E-state index in [4.69, 9.17) is 50.6 Å². The fourth-order valence-electron chi connectivity index (χ4n) is 5.50. The Morgan fingerprint density at radius 3 is 2.54 bits per heavy atom. The van der Waals surface area contributed by atoms with E-state index < -0.39 is 67.6 Å². The van der Waals surface area contributed by atoms with Gasteiger partial charge in [-0.2, -0.15) is 0 Å². The van der Waals surface area contributed by atoms with Gasteiger partial charge in [0, 0.05) is 37.6 Å². The molecule has 4 aromatic heterocycles. The number of aromatic nitrogens is 7. The first-order valence-corrected chi connectivity index (χ1v) is 17.7. The third-order valence-electron chi connectivity index (χ3n) is 8.05. The van der Waals surface area contributed by atoms with Crippen LogP contribution in [-0.2, 0) is 41.7 Å². The number of aryl methyl sites for hydroxylation is 1. The number of fused-ring (bicyclic) bond motifs is 1. The Kier molecular flexibility index (Phi) is 14.4. The Balaban J connectivity index is 0.000000397. The maximum atomic E-state index is 13.1. The molecule has 52 heavy (non-hydrogen) atoms. The van der Waals surface area contributed by atoms with Crippen molar-refractivity contribution < 1.29 is 82.9 Å². The van der Waals surface area contributed by atoms with E-state index >= 15 is 0 Å². The Bertz CT molecular complexity index is 2000. The van der Waals surface area contributed by atoms with Crippen molar-refractivity contribution in [1.82, 2.24) is 34.1 Å². The van der Waals surface area contributed by atoms with Crippen LogP contribution < -0.4 is 56.2 Å². The van der Waals surface area contributed by atoms with Crippen molar-refractivity contribution in [2.24, 2.45) is 0 Å². The van der Waals surface area contributed by atoms with Crippen molar-refractivity contribution in [1.29, 1.82) is 0 Å². The number of hydrogen-bond acceptors (Lipinski definition) is 19. The van der Waals surface area contributed by atoms with Gasteiger partial charge in [0.1, 0.15) is 49.2 Å². The summed E-state index contributed by atoms with van der Waals surface area (Å²) in [5.74, 6) is 0.481. The molecular weight excluding hydrogens is 742 g/mol. The first-order chi connectivity index (χ1) is 24.3. The minimum atomic E-state index is -4.27. The van der Waals surface area contributed by atoms with Crippen molar-refractivity contribution in [3.63, 3.8) is 0 Å². The minimum Gasteiger partial charge on any atom is -0.780 e. The van der Waals surface area contributed by atoms with Gasteiger partial charge in [0.25, 0.3) is 5.56 Å². The van der Waals surface area contributed by atoms with Crippen LogP contribution in [0, 0.1) is 6.92 Å². The molecule has 6 heterocycles. The first kappa shape index (κ1) is 41.8.